The summed E-state index contributed by atoms with van der Waals surface area (Å²) < 4.78 is 15.8. The molecule has 0 radical (unpaired) electrons. The van der Waals surface area contributed by atoms with Crippen molar-refractivity contribution in [3.63, 3.8) is 0 Å². The van der Waals surface area contributed by atoms with Crippen LogP contribution in [-0.4, -0.2) is 26.2 Å². The molecule has 3 N–H and O–H groups in total. The van der Waals surface area contributed by atoms with E-state index in [4.69, 9.17) is 19.6 Å². The fourth-order valence-corrected chi connectivity index (χ4v) is 1.88. The first-order valence-corrected chi connectivity index (χ1v) is 7.04. The standard InChI is InChI=1S/C16H20N2O4.ClH/c1-20-7-4-8-21-15-6-3-2-5-14(15)18-16(19)12-9-13(10-17)22-11-12;/h2-3,5-6,9,11H,4,7-8,10,17H2,1H3,(H,18,19);1H. The molecule has 1 heterocycles. The molecule has 6 nitrogen and oxygen atoms in total. The van der Waals surface area contributed by atoms with Crippen molar-refractivity contribution in [3.8, 4) is 5.75 Å². The van der Waals surface area contributed by atoms with Gasteiger partial charge in [0.05, 0.1) is 24.4 Å². The molecule has 23 heavy (non-hydrogen) atoms. The number of hydrogen-bond acceptors (Lipinski definition) is 5. The molecule has 0 unspecified atom stereocenters. The number of hydrogen-bond donors (Lipinski definition) is 2. The molecule has 0 aliphatic heterocycles. The Hall–Kier alpha value is -2.02. The minimum atomic E-state index is -0.267. The predicted octanol–water partition coefficient (Wildman–Crippen LogP) is 2.83. The van der Waals surface area contributed by atoms with E-state index in [1.54, 1.807) is 19.2 Å². The summed E-state index contributed by atoms with van der Waals surface area (Å²) in [6, 6.07) is 8.90. The Morgan fingerprint density at radius 1 is 1.30 bits per heavy atom. The van der Waals surface area contributed by atoms with Gasteiger partial charge in [0.25, 0.3) is 5.91 Å². The maximum Gasteiger partial charge on any atom is 0.259 e. The maximum absolute atomic E-state index is 12.2. The molecule has 0 spiro atoms. The normalized spacial score (nSPS) is 10.0. The zero-order valence-electron chi connectivity index (χ0n) is 12.9. The molecule has 2 rings (SSSR count). The van der Waals surface area contributed by atoms with Crippen molar-refractivity contribution in [2.45, 2.75) is 13.0 Å². The second-order valence-electron chi connectivity index (χ2n) is 4.65. The minimum absolute atomic E-state index is 0. The molecule has 1 aromatic heterocycles. The largest absolute Gasteiger partial charge is 0.491 e. The summed E-state index contributed by atoms with van der Waals surface area (Å²) in [6.45, 7) is 1.40. The molecular formula is C16H21ClN2O4. The van der Waals surface area contributed by atoms with Crippen molar-refractivity contribution >= 4 is 24.0 Å². The molecule has 126 valence electrons. The van der Waals surface area contributed by atoms with E-state index >= 15 is 0 Å². The smallest absolute Gasteiger partial charge is 0.259 e. The first-order chi connectivity index (χ1) is 10.7. The highest BCUT2D eigenvalue weighted by molar-refractivity contribution is 6.04. The number of anilines is 1. The second kappa shape index (κ2) is 9.89. The quantitative estimate of drug-likeness (QED) is 0.721. The van der Waals surface area contributed by atoms with Gasteiger partial charge in [-0.25, -0.2) is 0 Å². The van der Waals surface area contributed by atoms with Gasteiger partial charge >= 0.3 is 0 Å². The van der Waals surface area contributed by atoms with Gasteiger partial charge in [0.15, 0.2) is 0 Å². The van der Waals surface area contributed by atoms with E-state index in [9.17, 15) is 4.79 Å². The SMILES string of the molecule is COCCCOc1ccccc1NC(=O)c1coc(CN)c1.Cl. The highest BCUT2D eigenvalue weighted by atomic mass is 35.5. The number of nitrogens with one attached hydrogen (secondary N) is 1. The van der Waals surface area contributed by atoms with Crippen LogP contribution < -0.4 is 15.8 Å². The molecular weight excluding hydrogens is 320 g/mol. The van der Waals surface area contributed by atoms with Gasteiger partial charge in [0.1, 0.15) is 17.8 Å². The predicted molar refractivity (Wildman–Crippen MR) is 90.2 cm³/mol. The summed E-state index contributed by atoms with van der Waals surface area (Å²) in [5.41, 5.74) is 6.50. The maximum atomic E-state index is 12.2. The molecule has 0 atom stereocenters. The van der Waals surface area contributed by atoms with E-state index < -0.39 is 0 Å². The Labute approximate surface area is 141 Å². The van der Waals surface area contributed by atoms with Gasteiger partial charge in [0, 0.05) is 20.1 Å². The summed E-state index contributed by atoms with van der Waals surface area (Å²) in [6.07, 6.45) is 2.17. The van der Waals surface area contributed by atoms with Crippen molar-refractivity contribution < 1.29 is 18.7 Å². The summed E-state index contributed by atoms with van der Waals surface area (Å²) in [7, 11) is 1.65. The zero-order valence-corrected chi connectivity index (χ0v) is 13.7. The third-order valence-corrected chi connectivity index (χ3v) is 3.00. The number of carbonyl (C=O) groups is 1. The van der Waals surface area contributed by atoms with Crippen LogP contribution in [0.2, 0.25) is 0 Å². The van der Waals surface area contributed by atoms with Crippen LogP contribution in [0.5, 0.6) is 5.75 Å². The van der Waals surface area contributed by atoms with Crippen LogP contribution in [0.1, 0.15) is 22.5 Å². The van der Waals surface area contributed by atoms with E-state index in [0.29, 0.717) is 36.0 Å². The lowest BCUT2D eigenvalue weighted by molar-refractivity contribution is 0.102. The van der Waals surface area contributed by atoms with E-state index in [2.05, 4.69) is 5.32 Å². The van der Waals surface area contributed by atoms with E-state index in [1.165, 1.54) is 6.26 Å². The molecule has 0 aliphatic rings. The number of carbonyl (C=O) groups excluding carboxylic acids is 1. The molecule has 0 aliphatic carbocycles. The highest BCUT2D eigenvalue weighted by Crippen LogP contribution is 2.24. The summed E-state index contributed by atoms with van der Waals surface area (Å²) in [4.78, 5) is 12.2. The number of benzene rings is 1. The van der Waals surface area contributed by atoms with Crippen molar-refractivity contribution in [2.75, 3.05) is 25.6 Å². The van der Waals surface area contributed by atoms with Crippen LogP contribution >= 0.6 is 12.4 Å². The number of ether oxygens (including phenoxy) is 2. The summed E-state index contributed by atoms with van der Waals surface area (Å²) in [5, 5.41) is 2.81. The lowest BCUT2D eigenvalue weighted by Gasteiger charge is -2.11. The average Bonchev–Trinajstić information content (AvgIpc) is 3.02. The van der Waals surface area contributed by atoms with Crippen LogP contribution in [0.4, 0.5) is 5.69 Å². The van der Waals surface area contributed by atoms with E-state index in [-0.39, 0.29) is 24.9 Å². The van der Waals surface area contributed by atoms with Crippen molar-refractivity contribution in [2.24, 2.45) is 5.73 Å². The second-order valence-corrected chi connectivity index (χ2v) is 4.65. The Morgan fingerprint density at radius 3 is 2.78 bits per heavy atom. The number of methoxy groups -OCH3 is 1. The molecule has 0 bridgehead atoms. The van der Waals surface area contributed by atoms with Crippen LogP contribution in [0.15, 0.2) is 41.0 Å². The first kappa shape index (κ1) is 19.0. The fourth-order valence-electron chi connectivity index (χ4n) is 1.88. The van der Waals surface area contributed by atoms with Gasteiger partial charge < -0.3 is 24.9 Å². The molecule has 1 amide bonds. The number of amides is 1. The lowest BCUT2D eigenvalue weighted by atomic mass is 10.2. The Balaban J connectivity index is 0.00000264. The van der Waals surface area contributed by atoms with Crippen LogP contribution in [0.3, 0.4) is 0 Å². The van der Waals surface area contributed by atoms with Crippen molar-refractivity contribution in [1.29, 1.82) is 0 Å². The van der Waals surface area contributed by atoms with Crippen molar-refractivity contribution in [3.05, 3.63) is 47.9 Å². The summed E-state index contributed by atoms with van der Waals surface area (Å²) >= 11 is 0. The van der Waals surface area contributed by atoms with Gasteiger partial charge in [-0.1, -0.05) is 12.1 Å². The van der Waals surface area contributed by atoms with E-state index in [0.717, 1.165) is 6.42 Å². The van der Waals surface area contributed by atoms with Crippen LogP contribution in [-0.2, 0) is 11.3 Å². The third-order valence-electron chi connectivity index (χ3n) is 3.00. The van der Waals surface area contributed by atoms with Gasteiger partial charge in [-0.3, -0.25) is 4.79 Å². The summed E-state index contributed by atoms with van der Waals surface area (Å²) in [5.74, 6) is 0.917. The lowest BCUT2D eigenvalue weighted by Crippen LogP contribution is -2.12. The molecule has 2 aromatic rings. The first-order valence-electron chi connectivity index (χ1n) is 7.04. The van der Waals surface area contributed by atoms with Gasteiger partial charge in [-0.2, -0.15) is 0 Å². The fraction of sp³-hybridized carbons (Fsp3) is 0.312. The molecule has 0 saturated heterocycles. The van der Waals surface area contributed by atoms with Gasteiger partial charge in [-0.15, -0.1) is 12.4 Å². The van der Waals surface area contributed by atoms with Crippen LogP contribution in [0, 0.1) is 0 Å². The number of rotatable bonds is 8. The van der Waals surface area contributed by atoms with Crippen molar-refractivity contribution in [1.82, 2.24) is 0 Å². The van der Waals surface area contributed by atoms with Gasteiger partial charge in [0.2, 0.25) is 0 Å². The third kappa shape index (κ3) is 5.59. The average molecular weight is 341 g/mol. The topological polar surface area (TPSA) is 86.7 Å². The number of para-hydroxylation sites is 2. The highest BCUT2D eigenvalue weighted by Gasteiger charge is 2.12. The Morgan fingerprint density at radius 2 is 2.09 bits per heavy atom. The molecule has 0 saturated carbocycles. The molecule has 1 aromatic carbocycles. The van der Waals surface area contributed by atoms with E-state index in [1.807, 2.05) is 18.2 Å². The monoisotopic (exact) mass is 340 g/mol. The zero-order chi connectivity index (χ0) is 15.8. The minimum Gasteiger partial charge on any atom is -0.491 e. The number of nitrogens with two attached hydrogens (primary N) is 1. The molecule has 7 heteroatoms. The van der Waals surface area contributed by atoms with Gasteiger partial charge in [-0.05, 0) is 18.2 Å². The van der Waals surface area contributed by atoms with Crippen LogP contribution in [0.25, 0.3) is 0 Å². The number of furan rings is 1. The number of halogens is 1. The molecule has 0 fully saturated rings. The Bertz CT molecular complexity index is 616. The Kier molecular flexibility index (Phi) is 8.18.